The fraction of sp³-hybridized carbons (Fsp3) is 0. The Labute approximate surface area is 117 Å². The van der Waals surface area contributed by atoms with Crippen molar-refractivity contribution < 1.29 is 83.5 Å². The molecule has 60 valence electrons. The predicted octanol–water partition coefficient (Wildman–Crippen LogP) is -1.13. The molecule has 9 heavy (non-hydrogen) atoms. The van der Waals surface area contributed by atoms with E-state index in [9.17, 15) is 0 Å². The number of hydrogen-bond acceptors (Lipinski definition) is 0. The van der Waals surface area contributed by atoms with E-state index in [4.69, 9.17) is 0 Å². The van der Waals surface area contributed by atoms with Crippen molar-refractivity contribution in [3.05, 3.63) is 0 Å². The largest absolute Gasteiger partial charge is 3.00 e. The first kappa shape index (κ1) is 163. The molecule has 0 saturated carbocycles. The molecule has 0 radical (unpaired) electrons. The summed E-state index contributed by atoms with van der Waals surface area (Å²) in [4.78, 5) is 0. The van der Waals surface area contributed by atoms with Crippen LogP contribution >= 0.6 is 0 Å². The quantitative estimate of drug-likeness (QED) is 0.503. The van der Waals surface area contributed by atoms with Gasteiger partial charge in [0, 0.05) is 67.1 Å². The van der Waals surface area contributed by atoms with Crippen molar-refractivity contribution in [2.24, 2.45) is 0 Å². The van der Waals surface area contributed by atoms with E-state index >= 15 is 0 Å². The molecule has 0 aliphatic rings. The average molecular weight is 331 g/mol. The summed E-state index contributed by atoms with van der Waals surface area (Å²) >= 11 is 0. The number of rotatable bonds is 0. The zero-order valence-electron chi connectivity index (χ0n) is 3.72. The molecule has 0 bridgehead atoms. The fourth-order valence-corrected chi connectivity index (χ4v) is 0. The van der Waals surface area contributed by atoms with Crippen LogP contribution in [0.1, 0.15) is 0 Å². The van der Waals surface area contributed by atoms with E-state index in [2.05, 4.69) is 0 Å². The minimum Gasteiger partial charge on any atom is -2.00 e. The maximum atomic E-state index is 0. The smallest absolute Gasteiger partial charge is 2.00 e. The minimum absolute atomic E-state index is 0. The first-order valence-electron chi connectivity index (χ1n) is 0. The fourth-order valence-electron chi connectivity index (χ4n) is 0. The van der Waals surface area contributed by atoms with E-state index < -0.39 is 0 Å². The van der Waals surface area contributed by atoms with Crippen LogP contribution in [0.3, 0.4) is 0 Å². The zero-order valence-corrected chi connectivity index (χ0v) is 10.2. The van der Waals surface area contributed by atoms with E-state index in [1.54, 1.807) is 0 Å². The summed E-state index contributed by atoms with van der Waals surface area (Å²) in [5, 5.41) is 0. The minimum atomic E-state index is 0. The Morgan fingerprint density at radius 2 is 0.444 bits per heavy atom. The van der Waals surface area contributed by atoms with Gasteiger partial charge in [-0.05, 0) is 0 Å². The molecule has 0 aromatic rings. The van der Waals surface area contributed by atoms with Crippen LogP contribution in [-0.4, -0.2) is 34.7 Å². The SMILES string of the molecule is [Al+3].[Al+3].[Fe].[Fe].[Ni].[Ni].[O-2].[O-2].[O-2]. The van der Waals surface area contributed by atoms with Crippen LogP contribution in [0.5, 0.6) is 0 Å². The Kier molecular flexibility index (Phi) is 2240. The van der Waals surface area contributed by atoms with Crippen molar-refractivity contribution in [3.63, 3.8) is 0 Å². The maximum absolute atomic E-state index is 0. The molecule has 0 saturated heterocycles. The van der Waals surface area contributed by atoms with E-state index in [1.165, 1.54) is 0 Å². The molecule has 0 aromatic carbocycles. The van der Waals surface area contributed by atoms with E-state index in [0.717, 1.165) is 0 Å². The van der Waals surface area contributed by atoms with Gasteiger partial charge in [0.25, 0.3) is 0 Å². The summed E-state index contributed by atoms with van der Waals surface area (Å²) in [5.41, 5.74) is 0. The normalized spacial score (nSPS) is 0. The van der Waals surface area contributed by atoms with Gasteiger partial charge in [-0.3, -0.25) is 0 Å². The standard InChI is InChI=1S/2Al.2Fe.2Ni.3O/q2*+3;;;;;3*-2. The predicted molar refractivity (Wildman–Crippen MR) is 13.6 cm³/mol. The van der Waals surface area contributed by atoms with Gasteiger partial charge in [0.15, 0.2) is 0 Å². The van der Waals surface area contributed by atoms with Gasteiger partial charge < -0.3 is 16.4 Å². The molecule has 0 unspecified atom stereocenters. The van der Waals surface area contributed by atoms with Crippen molar-refractivity contribution in [2.75, 3.05) is 0 Å². The molecule has 3 nitrogen and oxygen atoms in total. The Balaban J connectivity index is 0. The second-order valence-corrected chi connectivity index (χ2v) is 0. The maximum Gasteiger partial charge on any atom is 3.00 e. The summed E-state index contributed by atoms with van der Waals surface area (Å²) in [7, 11) is 0. The summed E-state index contributed by atoms with van der Waals surface area (Å²) in [6.07, 6.45) is 0. The molecule has 0 heterocycles. The Bertz CT molecular complexity index is 17.8. The van der Waals surface area contributed by atoms with E-state index in [-0.39, 0.29) is 118 Å². The van der Waals surface area contributed by atoms with E-state index in [0.29, 0.717) is 0 Å². The molecular formula is Al2Fe2Ni2O3. The third kappa shape index (κ3) is 100. The molecule has 0 N–H and O–H groups in total. The van der Waals surface area contributed by atoms with Crippen molar-refractivity contribution in [2.45, 2.75) is 0 Å². The second kappa shape index (κ2) is 124. The van der Waals surface area contributed by atoms with Gasteiger partial charge >= 0.3 is 34.7 Å². The molecule has 0 aliphatic heterocycles. The van der Waals surface area contributed by atoms with Crippen molar-refractivity contribution >= 4 is 34.7 Å². The topological polar surface area (TPSA) is 85.5 Å². The molecule has 0 fully saturated rings. The third-order valence-corrected chi connectivity index (χ3v) is 0. The van der Waals surface area contributed by atoms with Crippen LogP contribution in [0.15, 0.2) is 0 Å². The van der Waals surface area contributed by atoms with Crippen LogP contribution in [0.25, 0.3) is 0 Å². The van der Waals surface area contributed by atoms with Gasteiger partial charge in [-0.2, -0.15) is 0 Å². The Morgan fingerprint density at radius 1 is 0.444 bits per heavy atom. The second-order valence-electron chi connectivity index (χ2n) is 0. The van der Waals surface area contributed by atoms with Gasteiger partial charge in [-0.25, -0.2) is 0 Å². The molecule has 0 aliphatic carbocycles. The Hall–Kier alpha value is 2.97. The van der Waals surface area contributed by atoms with Crippen molar-refractivity contribution in [1.82, 2.24) is 0 Å². The number of hydrogen-bond donors (Lipinski definition) is 0. The van der Waals surface area contributed by atoms with Crippen LogP contribution in [0.2, 0.25) is 0 Å². The third-order valence-electron chi connectivity index (χ3n) is 0. The molecule has 0 spiro atoms. The zero-order chi connectivity index (χ0) is 0. The molecule has 0 amide bonds. The Morgan fingerprint density at radius 3 is 0.444 bits per heavy atom. The molecule has 9 heteroatoms. The first-order chi connectivity index (χ1) is 0. The van der Waals surface area contributed by atoms with Crippen LogP contribution in [-0.2, 0) is 83.5 Å². The van der Waals surface area contributed by atoms with Gasteiger partial charge in [-0.1, -0.05) is 0 Å². The van der Waals surface area contributed by atoms with Crippen molar-refractivity contribution in [1.29, 1.82) is 0 Å². The first-order valence-corrected chi connectivity index (χ1v) is 0. The molecule has 0 aromatic heterocycles. The summed E-state index contributed by atoms with van der Waals surface area (Å²) in [5.74, 6) is 0. The van der Waals surface area contributed by atoms with Crippen LogP contribution in [0.4, 0.5) is 0 Å². The summed E-state index contributed by atoms with van der Waals surface area (Å²) in [6, 6.07) is 0. The summed E-state index contributed by atoms with van der Waals surface area (Å²) < 4.78 is 0. The van der Waals surface area contributed by atoms with Gasteiger partial charge in [0.05, 0.1) is 0 Å². The van der Waals surface area contributed by atoms with Crippen molar-refractivity contribution in [3.8, 4) is 0 Å². The monoisotopic (exact) mass is 330 g/mol. The van der Waals surface area contributed by atoms with Crippen LogP contribution < -0.4 is 0 Å². The van der Waals surface area contributed by atoms with Crippen LogP contribution in [0, 0.1) is 0 Å². The molecule has 0 atom stereocenters. The molecular weight excluding hydrogens is 331 g/mol. The van der Waals surface area contributed by atoms with Gasteiger partial charge in [-0.15, -0.1) is 0 Å². The molecule has 0 rings (SSSR count). The van der Waals surface area contributed by atoms with Gasteiger partial charge in [0.2, 0.25) is 0 Å². The van der Waals surface area contributed by atoms with E-state index in [1.807, 2.05) is 0 Å². The van der Waals surface area contributed by atoms with Gasteiger partial charge in [0.1, 0.15) is 0 Å². The summed E-state index contributed by atoms with van der Waals surface area (Å²) in [6.45, 7) is 0. The average Bonchev–Trinajstić information content (AvgIpc) is 0.